The highest BCUT2D eigenvalue weighted by molar-refractivity contribution is 5.93. The Hall–Kier alpha value is -4.46. The molecule has 0 unspecified atom stereocenters. The monoisotopic (exact) mass is 475 g/mol. The zero-order valence-corrected chi connectivity index (χ0v) is 19.6. The molecule has 3 aromatic carbocycles. The molecule has 0 fully saturated rings. The van der Waals surface area contributed by atoms with Crippen LogP contribution in [0.2, 0.25) is 0 Å². The van der Waals surface area contributed by atoms with Gasteiger partial charge in [-0.25, -0.2) is 4.79 Å². The topological polar surface area (TPSA) is 96.2 Å². The highest BCUT2D eigenvalue weighted by Gasteiger charge is 2.17. The van der Waals surface area contributed by atoms with E-state index < -0.39 is 11.4 Å². The van der Waals surface area contributed by atoms with Crippen molar-refractivity contribution in [3.05, 3.63) is 93.8 Å². The summed E-state index contributed by atoms with van der Waals surface area (Å²) in [7, 11) is 4.88. The van der Waals surface area contributed by atoms with Crippen molar-refractivity contribution in [3.8, 4) is 23.0 Å². The van der Waals surface area contributed by atoms with Crippen molar-refractivity contribution < 1.29 is 28.8 Å². The largest absolute Gasteiger partial charge is 0.497 e. The second-order valence-corrected chi connectivity index (χ2v) is 7.88. The van der Waals surface area contributed by atoms with Gasteiger partial charge in [-0.15, -0.1) is 0 Å². The minimum Gasteiger partial charge on any atom is -0.497 e. The highest BCUT2D eigenvalue weighted by Crippen LogP contribution is 2.33. The number of ether oxygens (including phenoxy) is 4. The van der Waals surface area contributed by atoms with E-state index in [4.69, 9.17) is 18.9 Å². The van der Waals surface area contributed by atoms with Gasteiger partial charge in [0.25, 0.3) is 0 Å². The number of fused-ring (bicyclic) bond motifs is 1. The Kier molecular flexibility index (Phi) is 6.91. The maximum Gasteiger partial charge on any atom is 0.341 e. The molecule has 0 aliphatic carbocycles. The Labute approximate surface area is 201 Å². The summed E-state index contributed by atoms with van der Waals surface area (Å²) in [4.78, 5) is 24.4. The molecule has 0 aliphatic rings. The van der Waals surface area contributed by atoms with E-state index in [1.165, 1.54) is 12.3 Å². The number of carboxylic acids is 1. The number of aromatic carboxylic acids is 1. The van der Waals surface area contributed by atoms with Gasteiger partial charge in [-0.2, -0.15) is 0 Å². The van der Waals surface area contributed by atoms with Gasteiger partial charge in [0.2, 0.25) is 5.43 Å². The molecule has 0 radical (unpaired) electrons. The lowest BCUT2D eigenvalue weighted by molar-refractivity contribution is 0.0695. The standard InChI is InChI=1S/C27H25NO7/c1-28-14-22(27(30)31)26(29)21-12-24(34-15-17-4-8-19(32-2)9-5-17)25(13-23(21)28)35-16-18-6-10-20(33-3)11-7-18/h4-14H,15-16H2,1-3H3,(H,30,31). The first kappa shape index (κ1) is 23.7. The van der Waals surface area contributed by atoms with Crippen molar-refractivity contribution in [1.82, 2.24) is 4.57 Å². The fourth-order valence-corrected chi connectivity index (χ4v) is 3.63. The summed E-state index contributed by atoms with van der Waals surface area (Å²) in [6.07, 6.45) is 1.30. The van der Waals surface area contributed by atoms with Crippen LogP contribution in [0.15, 0.2) is 71.7 Å². The Morgan fingerprint density at radius 1 is 0.829 bits per heavy atom. The van der Waals surface area contributed by atoms with Gasteiger partial charge in [0, 0.05) is 19.3 Å². The van der Waals surface area contributed by atoms with E-state index in [0.717, 1.165) is 22.6 Å². The van der Waals surface area contributed by atoms with Crippen LogP contribution in [0.25, 0.3) is 10.9 Å². The fraction of sp³-hybridized carbons (Fsp3) is 0.185. The molecule has 8 nitrogen and oxygen atoms in total. The zero-order valence-electron chi connectivity index (χ0n) is 19.6. The molecule has 4 aromatic rings. The van der Waals surface area contributed by atoms with Crippen molar-refractivity contribution in [2.24, 2.45) is 7.05 Å². The number of carboxylic acid groups (broad SMARTS) is 1. The Morgan fingerprint density at radius 3 is 1.77 bits per heavy atom. The van der Waals surface area contributed by atoms with Crippen LogP contribution in [0.3, 0.4) is 0 Å². The molecule has 8 heteroatoms. The number of aryl methyl sites for hydroxylation is 1. The van der Waals surface area contributed by atoms with Gasteiger partial charge < -0.3 is 28.6 Å². The second kappa shape index (κ2) is 10.2. The minimum atomic E-state index is -1.28. The minimum absolute atomic E-state index is 0.216. The Morgan fingerprint density at radius 2 is 1.31 bits per heavy atom. The quantitative estimate of drug-likeness (QED) is 0.383. The van der Waals surface area contributed by atoms with Crippen molar-refractivity contribution in [1.29, 1.82) is 0 Å². The molecule has 180 valence electrons. The van der Waals surface area contributed by atoms with Crippen LogP contribution in [0.1, 0.15) is 21.5 Å². The molecule has 0 saturated carbocycles. The van der Waals surface area contributed by atoms with Gasteiger partial charge >= 0.3 is 5.97 Å². The van der Waals surface area contributed by atoms with Gasteiger partial charge in [-0.3, -0.25) is 4.79 Å². The van der Waals surface area contributed by atoms with Crippen LogP contribution in [0, 0.1) is 0 Å². The van der Waals surface area contributed by atoms with Gasteiger partial charge in [-0.05, 0) is 41.5 Å². The maximum atomic E-state index is 12.9. The Bertz CT molecular complexity index is 1410. The molecule has 0 bridgehead atoms. The highest BCUT2D eigenvalue weighted by atomic mass is 16.5. The smallest absolute Gasteiger partial charge is 0.341 e. The van der Waals surface area contributed by atoms with Gasteiger partial charge in [0.15, 0.2) is 11.5 Å². The van der Waals surface area contributed by atoms with Crippen molar-refractivity contribution >= 4 is 16.9 Å². The summed E-state index contributed by atoms with van der Waals surface area (Å²) in [6.45, 7) is 0.475. The average molecular weight is 475 g/mol. The number of rotatable bonds is 9. The van der Waals surface area contributed by atoms with Gasteiger partial charge in [-0.1, -0.05) is 24.3 Å². The maximum absolute atomic E-state index is 12.9. The molecule has 0 amide bonds. The lowest BCUT2D eigenvalue weighted by atomic mass is 10.1. The van der Waals surface area contributed by atoms with Crippen LogP contribution >= 0.6 is 0 Å². The molecule has 4 rings (SSSR count). The van der Waals surface area contributed by atoms with Crippen LogP contribution in [-0.2, 0) is 20.3 Å². The molecule has 1 heterocycles. The first-order chi connectivity index (χ1) is 16.9. The number of benzene rings is 3. The molecule has 0 spiro atoms. The number of hydrogen-bond donors (Lipinski definition) is 1. The number of methoxy groups -OCH3 is 2. The summed E-state index contributed by atoms with van der Waals surface area (Å²) in [5.41, 5.74) is 1.44. The summed E-state index contributed by atoms with van der Waals surface area (Å²) >= 11 is 0. The van der Waals surface area contributed by atoms with E-state index in [1.807, 2.05) is 48.5 Å². The first-order valence-electron chi connectivity index (χ1n) is 10.8. The third-order valence-corrected chi connectivity index (χ3v) is 5.59. The van der Waals surface area contributed by atoms with Crippen LogP contribution < -0.4 is 24.4 Å². The molecule has 0 aliphatic heterocycles. The van der Waals surface area contributed by atoms with Crippen LogP contribution in [-0.4, -0.2) is 29.9 Å². The average Bonchev–Trinajstić information content (AvgIpc) is 2.88. The van der Waals surface area contributed by atoms with Crippen LogP contribution in [0.5, 0.6) is 23.0 Å². The van der Waals surface area contributed by atoms with Gasteiger partial charge in [0.1, 0.15) is 30.3 Å². The third kappa shape index (κ3) is 5.22. The van der Waals surface area contributed by atoms with E-state index in [-0.39, 0.29) is 24.2 Å². The number of hydrogen-bond acceptors (Lipinski definition) is 6. The molecular weight excluding hydrogens is 450 g/mol. The molecule has 35 heavy (non-hydrogen) atoms. The summed E-state index contributed by atoms with van der Waals surface area (Å²) in [6, 6.07) is 18.1. The zero-order chi connectivity index (χ0) is 24.9. The number of aromatic nitrogens is 1. The molecule has 1 aromatic heterocycles. The molecular formula is C27H25NO7. The summed E-state index contributed by atoms with van der Waals surface area (Å²) in [5, 5.41) is 9.66. The lowest BCUT2D eigenvalue weighted by Crippen LogP contribution is -2.18. The summed E-state index contributed by atoms with van der Waals surface area (Å²) in [5.74, 6) is 0.953. The molecule has 0 atom stereocenters. The van der Waals surface area contributed by atoms with Crippen LogP contribution in [0.4, 0.5) is 0 Å². The predicted octanol–water partition coefficient (Wildman–Crippen LogP) is 4.41. The first-order valence-corrected chi connectivity index (χ1v) is 10.8. The van der Waals surface area contributed by atoms with Crippen molar-refractivity contribution in [2.75, 3.05) is 14.2 Å². The van der Waals surface area contributed by atoms with E-state index >= 15 is 0 Å². The fourth-order valence-electron chi connectivity index (χ4n) is 3.63. The summed E-state index contributed by atoms with van der Waals surface area (Å²) < 4.78 is 24.1. The number of nitrogens with zero attached hydrogens (tertiary/aromatic N) is 1. The predicted molar refractivity (Wildman–Crippen MR) is 131 cm³/mol. The van der Waals surface area contributed by atoms with Gasteiger partial charge in [0.05, 0.1) is 25.1 Å². The second-order valence-electron chi connectivity index (χ2n) is 7.88. The normalized spacial score (nSPS) is 10.7. The number of pyridine rings is 1. The molecule has 0 saturated heterocycles. The van der Waals surface area contributed by atoms with E-state index in [1.54, 1.807) is 31.9 Å². The Balaban J connectivity index is 1.70. The van der Waals surface area contributed by atoms with Crippen molar-refractivity contribution in [2.45, 2.75) is 13.2 Å². The van der Waals surface area contributed by atoms with E-state index in [9.17, 15) is 14.7 Å². The lowest BCUT2D eigenvalue weighted by Gasteiger charge is -2.16. The van der Waals surface area contributed by atoms with Crippen molar-refractivity contribution in [3.63, 3.8) is 0 Å². The third-order valence-electron chi connectivity index (χ3n) is 5.59. The molecule has 1 N–H and O–H groups in total. The van der Waals surface area contributed by atoms with E-state index in [2.05, 4.69) is 0 Å². The van der Waals surface area contributed by atoms with E-state index in [0.29, 0.717) is 17.0 Å². The SMILES string of the molecule is COc1ccc(COc2cc3c(=O)c(C(=O)O)cn(C)c3cc2OCc2ccc(OC)cc2)cc1. The number of carbonyl (C=O) groups is 1.